The minimum Gasteiger partial charge on any atom is -0.493 e. The van der Waals surface area contributed by atoms with Crippen molar-refractivity contribution in [3.05, 3.63) is 71.5 Å². The summed E-state index contributed by atoms with van der Waals surface area (Å²) in [7, 11) is -1.62. The molecule has 0 aliphatic carbocycles. The Morgan fingerprint density at radius 2 is 1.95 bits per heavy atom. The fourth-order valence-corrected chi connectivity index (χ4v) is 3.69. The van der Waals surface area contributed by atoms with Gasteiger partial charge in [0.2, 0.25) is 5.91 Å². The Kier molecular flexibility index (Phi) is 9.12. The van der Waals surface area contributed by atoms with Gasteiger partial charge in [-0.25, -0.2) is 0 Å². The van der Waals surface area contributed by atoms with Crippen molar-refractivity contribution in [3.63, 3.8) is 0 Å². The maximum atomic E-state index is 12.6. The molecule has 0 aliphatic heterocycles. The topological polar surface area (TPSA) is 145 Å². The Hall–Kier alpha value is -4.07. The van der Waals surface area contributed by atoms with E-state index in [1.807, 2.05) is 45.0 Å². The van der Waals surface area contributed by atoms with E-state index in [2.05, 4.69) is 10.6 Å². The zero-order chi connectivity index (χ0) is 27.0. The lowest BCUT2D eigenvalue weighted by Gasteiger charge is -2.20. The Labute approximate surface area is 215 Å². The van der Waals surface area contributed by atoms with Crippen LogP contribution in [0.15, 0.2) is 64.8 Å². The summed E-state index contributed by atoms with van der Waals surface area (Å²) in [6, 6.07) is 15.4. The number of fused-ring (bicyclic) bond motifs is 1. The van der Waals surface area contributed by atoms with Crippen LogP contribution < -0.4 is 15.4 Å². The molecule has 2 aromatic carbocycles. The molecule has 0 saturated heterocycles. The number of furan rings is 1. The van der Waals surface area contributed by atoms with E-state index in [0.717, 1.165) is 5.39 Å². The normalized spacial score (nSPS) is 12.5. The highest BCUT2D eigenvalue weighted by molar-refractivity contribution is 6.41. The Bertz CT molecular complexity index is 1320. The molecule has 2 amide bonds. The lowest BCUT2D eigenvalue weighted by atomic mass is 9.79. The molecule has 3 aromatic rings. The summed E-state index contributed by atoms with van der Waals surface area (Å²) in [4.78, 5) is 24.9. The second-order valence-corrected chi connectivity index (χ2v) is 9.57. The third kappa shape index (κ3) is 8.24. The van der Waals surface area contributed by atoms with Crippen molar-refractivity contribution in [1.82, 2.24) is 10.6 Å². The predicted molar refractivity (Wildman–Crippen MR) is 140 cm³/mol. The molecule has 4 N–H and O–H groups in total. The number of nitriles is 1. The van der Waals surface area contributed by atoms with Gasteiger partial charge in [0.05, 0.1) is 25.3 Å². The van der Waals surface area contributed by atoms with Crippen molar-refractivity contribution in [2.24, 2.45) is 0 Å². The second-order valence-electron chi connectivity index (χ2n) is 9.57. The van der Waals surface area contributed by atoms with E-state index < -0.39 is 24.6 Å². The zero-order valence-corrected chi connectivity index (χ0v) is 21.0. The summed E-state index contributed by atoms with van der Waals surface area (Å²) < 4.78 is 11.2. The maximum absolute atomic E-state index is 12.6. The van der Waals surface area contributed by atoms with Gasteiger partial charge in [0.1, 0.15) is 23.0 Å². The van der Waals surface area contributed by atoms with Gasteiger partial charge in [-0.2, -0.15) is 5.26 Å². The standard InChI is InChI=1S/C27H30BN3O6/c1-27(2,3)31-26(33)19(16-29)13-18-7-6-8-20(14-18)36-12-11-25(32)30-23(15-28(34)35)22-17-37-24-10-5-4-9-21(22)24/h4-10,13-14,17,23,34-35H,11-12,15H2,1-3H3,(H,30,32)(H,31,33)/t23-/m0/s1. The number of para-hydroxylation sites is 1. The molecule has 0 aliphatic rings. The van der Waals surface area contributed by atoms with Crippen LogP contribution in [0.5, 0.6) is 5.75 Å². The maximum Gasteiger partial charge on any atom is 0.453 e. The first kappa shape index (κ1) is 27.5. The molecule has 9 nitrogen and oxygen atoms in total. The number of benzene rings is 2. The van der Waals surface area contributed by atoms with Crippen molar-refractivity contribution in [2.75, 3.05) is 6.61 Å². The van der Waals surface area contributed by atoms with Crippen LogP contribution in [0, 0.1) is 11.3 Å². The molecule has 0 bridgehead atoms. The first-order valence-corrected chi connectivity index (χ1v) is 11.8. The summed E-state index contributed by atoms with van der Waals surface area (Å²) in [6.07, 6.45) is 2.89. The first-order valence-electron chi connectivity index (χ1n) is 11.8. The monoisotopic (exact) mass is 503 g/mol. The van der Waals surface area contributed by atoms with Gasteiger partial charge in [-0.15, -0.1) is 0 Å². The van der Waals surface area contributed by atoms with Crippen LogP contribution in [0.4, 0.5) is 0 Å². The zero-order valence-electron chi connectivity index (χ0n) is 21.0. The van der Waals surface area contributed by atoms with E-state index in [4.69, 9.17) is 9.15 Å². The van der Waals surface area contributed by atoms with Crippen LogP contribution in [0.3, 0.4) is 0 Å². The van der Waals surface area contributed by atoms with Crippen LogP contribution in [0.25, 0.3) is 17.0 Å². The van der Waals surface area contributed by atoms with Gasteiger partial charge in [-0.1, -0.05) is 30.3 Å². The molecule has 192 valence electrons. The summed E-state index contributed by atoms with van der Waals surface area (Å²) in [5, 5.41) is 34.8. The van der Waals surface area contributed by atoms with Crippen LogP contribution in [-0.2, 0) is 9.59 Å². The first-order chi connectivity index (χ1) is 17.6. The average Bonchev–Trinajstić information content (AvgIpc) is 3.25. The van der Waals surface area contributed by atoms with E-state index in [0.29, 0.717) is 22.5 Å². The number of hydrogen-bond donors (Lipinski definition) is 4. The molecule has 1 atom stereocenters. The summed E-state index contributed by atoms with van der Waals surface area (Å²) in [5.74, 6) is -0.332. The molecule has 1 heterocycles. The van der Waals surface area contributed by atoms with E-state index >= 15 is 0 Å². The predicted octanol–water partition coefficient (Wildman–Crippen LogP) is 3.35. The summed E-state index contributed by atoms with van der Waals surface area (Å²) in [5.41, 5.74) is 1.39. The smallest absolute Gasteiger partial charge is 0.453 e. The average molecular weight is 503 g/mol. The molecule has 10 heteroatoms. The van der Waals surface area contributed by atoms with Crippen LogP contribution >= 0.6 is 0 Å². The van der Waals surface area contributed by atoms with Gasteiger partial charge in [-0.05, 0) is 50.6 Å². The molecule has 1 aromatic heterocycles. The molecular weight excluding hydrogens is 473 g/mol. The number of nitrogens with zero attached hydrogens (tertiary/aromatic N) is 1. The van der Waals surface area contributed by atoms with Crippen molar-refractivity contribution in [2.45, 2.75) is 45.1 Å². The van der Waals surface area contributed by atoms with Gasteiger partial charge < -0.3 is 29.8 Å². The van der Waals surface area contributed by atoms with Crippen molar-refractivity contribution >= 4 is 36.0 Å². The van der Waals surface area contributed by atoms with Gasteiger partial charge >= 0.3 is 7.12 Å². The van der Waals surface area contributed by atoms with E-state index in [1.54, 1.807) is 30.3 Å². The minimum absolute atomic E-state index is 0.0192. The number of carbonyl (C=O) groups is 2. The Morgan fingerprint density at radius 1 is 1.19 bits per heavy atom. The number of ether oxygens (including phenoxy) is 1. The molecule has 0 saturated carbocycles. The lowest BCUT2D eigenvalue weighted by molar-refractivity contribution is -0.122. The number of nitrogens with one attached hydrogen (secondary N) is 2. The molecule has 0 spiro atoms. The lowest BCUT2D eigenvalue weighted by Crippen LogP contribution is -2.41. The van der Waals surface area contributed by atoms with Crippen LogP contribution in [-0.4, -0.2) is 41.1 Å². The molecular formula is C27H30BN3O6. The highest BCUT2D eigenvalue weighted by atomic mass is 16.5. The minimum atomic E-state index is -1.62. The van der Waals surface area contributed by atoms with E-state index in [9.17, 15) is 24.9 Å². The SMILES string of the molecule is CC(C)(C)NC(=O)C(C#N)=Cc1cccc(OCCC(=O)N[C@@H](CB(O)O)c2coc3ccccc23)c1. The van der Waals surface area contributed by atoms with Gasteiger partial charge in [-0.3, -0.25) is 9.59 Å². The third-order valence-corrected chi connectivity index (χ3v) is 5.29. The molecule has 0 fully saturated rings. The van der Waals surface area contributed by atoms with Gasteiger partial charge in [0.15, 0.2) is 0 Å². The van der Waals surface area contributed by atoms with E-state index in [1.165, 1.54) is 12.3 Å². The quantitative estimate of drug-likeness (QED) is 0.189. The van der Waals surface area contributed by atoms with Crippen molar-refractivity contribution < 1.29 is 28.8 Å². The molecule has 3 rings (SSSR count). The van der Waals surface area contributed by atoms with Crippen LogP contribution in [0.2, 0.25) is 6.32 Å². The van der Waals surface area contributed by atoms with Crippen molar-refractivity contribution in [1.29, 1.82) is 5.26 Å². The van der Waals surface area contributed by atoms with Gasteiger partial charge in [0, 0.05) is 22.8 Å². The summed E-state index contributed by atoms with van der Waals surface area (Å²) in [6.45, 7) is 5.55. The fraction of sp³-hybridized carbons (Fsp3) is 0.296. The highest BCUT2D eigenvalue weighted by Gasteiger charge is 2.24. The number of hydrogen-bond acceptors (Lipinski definition) is 7. The van der Waals surface area contributed by atoms with E-state index in [-0.39, 0.29) is 30.8 Å². The van der Waals surface area contributed by atoms with Crippen molar-refractivity contribution in [3.8, 4) is 11.8 Å². The largest absolute Gasteiger partial charge is 0.493 e. The number of amides is 2. The molecule has 0 unspecified atom stereocenters. The number of carbonyl (C=O) groups excluding carboxylic acids is 2. The number of rotatable bonds is 10. The Morgan fingerprint density at radius 3 is 2.65 bits per heavy atom. The molecule has 37 heavy (non-hydrogen) atoms. The Balaban J connectivity index is 1.61. The highest BCUT2D eigenvalue weighted by Crippen LogP contribution is 2.29. The van der Waals surface area contributed by atoms with Crippen LogP contribution in [0.1, 0.15) is 44.4 Å². The third-order valence-electron chi connectivity index (χ3n) is 5.29. The molecule has 0 radical (unpaired) electrons. The summed E-state index contributed by atoms with van der Waals surface area (Å²) >= 11 is 0. The second kappa shape index (κ2) is 12.3. The fourth-order valence-electron chi connectivity index (χ4n) is 3.69. The van der Waals surface area contributed by atoms with Gasteiger partial charge in [0.25, 0.3) is 5.91 Å².